The minimum atomic E-state index is -2.73. The van der Waals surface area contributed by atoms with Gasteiger partial charge in [-0.3, -0.25) is 15.1 Å². The average molecular weight is 445 g/mol. The predicted octanol–water partition coefficient (Wildman–Crippen LogP) is 4.39. The molecule has 0 fully saturated rings. The second kappa shape index (κ2) is 13.7. The van der Waals surface area contributed by atoms with Crippen LogP contribution in [0.25, 0.3) is 0 Å². The lowest BCUT2D eigenvalue weighted by molar-refractivity contribution is -0.0469. The van der Waals surface area contributed by atoms with Crippen molar-refractivity contribution in [2.75, 3.05) is 25.5 Å². The molecule has 0 spiro atoms. The van der Waals surface area contributed by atoms with Gasteiger partial charge in [-0.05, 0) is 48.9 Å². The van der Waals surface area contributed by atoms with Gasteiger partial charge in [-0.1, -0.05) is 37.5 Å². The van der Waals surface area contributed by atoms with E-state index in [1.165, 1.54) is 6.08 Å². The van der Waals surface area contributed by atoms with Crippen LogP contribution >= 0.6 is 0 Å². The molecule has 32 heavy (non-hydrogen) atoms. The number of carbonyl (C=O) groups is 1. The molecule has 1 aromatic carbocycles. The number of carbonyl (C=O) groups excluding carboxylic acids is 1. The molecule has 8 heteroatoms. The molecule has 0 radical (unpaired) electrons. The molecule has 0 aliphatic heterocycles. The fraction of sp³-hybridized carbons (Fsp3) is 0.208. The summed E-state index contributed by atoms with van der Waals surface area (Å²) in [6.45, 7) is 8.81. The number of benzene rings is 1. The third-order valence-corrected chi connectivity index (χ3v) is 4.35. The number of amides is 1. The second-order valence-corrected chi connectivity index (χ2v) is 6.60. The monoisotopic (exact) mass is 444 g/mol. The van der Waals surface area contributed by atoms with E-state index in [9.17, 15) is 18.8 Å². The van der Waals surface area contributed by atoms with Crippen LogP contribution in [-0.2, 0) is 0 Å². The van der Waals surface area contributed by atoms with E-state index in [0.29, 0.717) is 16.8 Å². The number of rotatable bonds is 12. The van der Waals surface area contributed by atoms with Crippen LogP contribution in [0.3, 0.4) is 0 Å². The maximum atomic E-state index is 13.1. The summed E-state index contributed by atoms with van der Waals surface area (Å²) in [6, 6.07) is 6.95. The molecule has 5 N–H and O–H groups in total. The molecule has 0 bridgehead atoms. The summed E-state index contributed by atoms with van der Waals surface area (Å²) in [4.78, 5) is 12.3. The second-order valence-electron chi connectivity index (χ2n) is 6.60. The number of alkyl halides is 2. The van der Waals surface area contributed by atoms with E-state index in [2.05, 4.69) is 23.8 Å². The molecule has 1 aromatic rings. The van der Waals surface area contributed by atoms with Gasteiger partial charge in [-0.25, -0.2) is 8.78 Å². The number of hydrogen-bond donors (Lipinski definition) is 4. The normalized spacial score (nSPS) is 12.8. The lowest BCUT2D eigenvalue weighted by atomic mass is 10.1. The third-order valence-electron chi connectivity index (χ3n) is 4.35. The highest BCUT2D eigenvalue weighted by molar-refractivity contribution is 5.95. The van der Waals surface area contributed by atoms with Crippen LogP contribution in [0.2, 0.25) is 0 Å². The van der Waals surface area contributed by atoms with Crippen LogP contribution in [0, 0.1) is 0 Å². The number of nitrogens with zero attached hydrogens (tertiary/aromatic N) is 1. The van der Waals surface area contributed by atoms with E-state index in [-0.39, 0.29) is 30.3 Å². The Hall–Kier alpha value is -3.49. The van der Waals surface area contributed by atoms with E-state index in [4.69, 9.17) is 5.73 Å². The van der Waals surface area contributed by atoms with Gasteiger partial charge in [0.15, 0.2) is 0 Å². The molecule has 0 unspecified atom stereocenters. The fourth-order valence-corrected chi connectivity index (χ4v) is 2.52. The topological polar surface area (TPSA) is 90.6 Å². The van der Waals surface area contributed by atoms with Gasteiger partial charge in [-0.2, -0.15) is 0 Å². The first-order valence-electron chi connectivity index (χ1n) is 9.84. The first-order chi connectivity index (χ1) is 15.2. The van der Waals surface area contributed by atoms with Gasteiger partial charge in [0.1, 0.15) is 0 Å². The van der Waals surface area contributed by atoms with Gasteiger partial charge >= 0.3 is 0 Å². The van der Waals surface area contributed by atoms with Gasteiger partial charge in [0, 0.05) is 36.1 Å². The number of anilines is 1. The Bertz CT molecular complexity index is 916. The summed E-state index contributed by atoms with van der Waals surface area (Å²) in [5, 5.41) is 16.8. The van der Waals surface area contributed by atoms with E-state index >= 15 is 0 Å². The zero-order valence-corrected chi connectivity index (χ0v) is 18.3. The van der Waals surface area contributed by atoms with Crippen LogP contribution in [0.4, 0.5) is 14.5 Å². The average Bonchev–Trinajstić information content (AvgIpc) is 2.78. The largest absolute Gasteiger partial charge is 0.388 e. The summed E-state index contributed by atoms with van der Waals surface area (Å²) >= 11 is 0. The van der Waals surface area contributed by atoms with Crippen molar-refractivity contribution < 1.29 is 18.8 Å². The van der Waals surface area contributed by atoms with E-state index in [1.807, 2.05) is 0 Å². The zero-order chi connectivity index (χ0) is 24.1. The van der Waals surface area contributed by atoms with Crippen LogP contribution in [-0.4, -0.2) is 42.7 Å². The minimum Gasteiger partial charge on any atom is -0.388 e. The van der Waals surface area contributed by atoms with E-state index in [1.54, 1.807) is 56.5 Å². The maximum Gasteiger partial charge on any atom is 0.263 e. The minimum absolute atomic E-state index is 0.00660. The van der Waals surface area contributed by atoms with E-state index in [0.717, 1.165) is 22.9 Å². The Morgan fingerprint density at radius 1 is 1.28 bits per heavy atom. The van der Waals surface area contributed by atoms with Gasteiger partial charge in [0.25, 0.3) is 12.3 Å². The summed E-state index contributed by atoms with van der Waals surface area (Å²) in [5.74, 6) is -0.310. The van der Waals surface area contributed by atoms with Crippen molar-refractivity contribution in [1.82, 2.24) is 10.4 Å². The summed E-state index contributed by atoms with van der Waals surface area (Å²) in [6.07, 6.45) is 5.75. The van der Waals surface area contributed by atoms with Crippen LogP contribution < -0.4 is 16.4 Å². The van der Waals surface area contributed by atoms with Crippen molar-refractivity contribution in [2.24, 2.45) is 5.73 Å². The number of hydrogen-bond acceptors (Lipinski definition) is 5. The molecule has 0 saturated carbocycles. The van der Waals surface area contributed by atoms with Crippen molar-refractivity contribution in [3.05, 3.63) is 102 Å². The Morgan fingerprint density at radius 2 is 1.94 bits per heavy atom. The SMILES string of the molecule is C=C/C=C(\C=C(/CN)N(O)CC(/C=C\C(=C)NC(=O)c1ccc(NC)cc1)=C/C)C(F)F. The van der Waals surface area contributed by atoms with E-state index < -0.39 is 6.43 Å². The number of allylic oxidation sites excluding steroid dienone is 6. The van der Waals surface area contributed by atoms with Crippen molar-refractivity contribution in [1.29, 1.82) is 0 Å². The molecule has 0 aliphatic rings. The maximum absolute atomic E-state index is 13.1. The highest BCUT2D eigenvalue weighted by atomic mass is 19.3. The standard InChI is InChI=1S/C24H30F2N4O2/c1-5-7-20(23(25)26)14-22(15-27)30(32)16-18(6-2)9-8-17(3)29-24(31)19-10-12-21(28-4)13-11-19/h5-14,23,28,32H,1,3,15-16,27H2,2,4H3,(H,29,31)/b9-8-,18-6+,20-7+,22-14+. The molecule has 1 amide bonds. The van der Waals surface area contributed by atoms with Crippen LogP contribution in [0.5, 0.6) is 0 Å². The summed E-state index contributed by atoms with van der Waals surface area (Å²) < 4.78 is 26.2. The highest BCUT2D eigenvalue weighted by Crippen LogP contribution is 2.15. The lowest BCUT2D eigenvalue weighted by Crippen LogP contribution is -2.26. The first-order valence-corrected chi connectivity index (χ1v) is 9.84. The lowest BCUT2D eigenvalue weighted by Gasteiger charge is -2.20. The molecule has 172 valence electrons. The zero-order valence-electron chi connectivity index (χ0n) is 18.3. The Kier molecular flexibility index (Phi) is 11.4. The summed E-state index contributed by atoms with van der Waals surface area (Å²) in [5.41, 5.74) is 7.78. The summed E-state index contributed by atoms with van der Waals surface area (Å²) in [7, 11) is 1.79. The Balaban J connectivity index is 2.80. The Morgan fingerprint density at radius 3 is 2.44 bits per heavy atom. The van der Waals surface area contributed by atoms with Crippen molar-refractivity contribution in [3.8, 4) is 0 Å². The number of hydroxylamine groups is 2. The number of nitrogens with two attached hydrogens (primary N) is 1. The molecular formula is C24H30F2N4O2. The van der Waals surface area contributed by atoms with Gasteiger partial charge in [-0.15, -0.1) is 0 Å². The quantitative estimate of drug-likeness (QED) is 0.284. The van der Waals surface area contributed by atoms with Crippen molar-refractivity contribution in [2.45, 2.75) is 13.3 Å². The van der Waals surface area contributed by atoms with Gasteiger partial charge in [0.05, 0.1) is 12.2 Å². The number of halogens is 2. The number of nitrogens with one attached hydrogen (secondary N) is 2. The van der Waals surface area contributed by atoms with Crippen molar-refractivity contribution in [3.63, 3.8) is 0 Å². The van der Waals surface area contributed by atoms with Gasteiger partial charge in [0.2, 0.25) is 0 Å². The third kappa shape index (κ3) is 8.71. The molecule has 0 heterocycles. The molecule has 1 rings (SSSR count). The molecular weight excluding hydrogens is 414 g/mol. The molecule has 0 aliphatic carbocycles. The van der Waals surface area contributed by atoms with Gasteiger partial charge < -0.3 is 16.4 Å². The smallest absolute Gasteiger partial charge is 0.263 e. The highest BCUT2D eigenvalue weighted by Gasteiger charge is 2.13. The molecule has 0 saturated heterocycles. The molecule has 6 nitrogen and oxygen atoms in total. The fourth-order valence-electron chi connectivity index (χ4n) is 2.52. The predicted molar refractivity (Wildman–Crippen MR) is 125 cm³/mol. The van der Waals surface area contributed by atoms with Crippen LogP contribution in [0.15, 0.2) is 96.4 Å². The first kappa shape index (κ1) is 26.5. The molecule has 0 aromatic heterocycles. The van der Waals surface area contributed by atoms with Crippen LogP contribution in [0.1, 0.15) is 17.3 Å². The molecule has 0 atom stereocenters. The van der Waals surface area contributed by atoms with Crippen molar-refractivity contribution >= 4 is 11.6 Å². The Labute approximate surface area is 187 Å².